The van der Waals surface area contributed by atoms with E-state index in [2.05, 4.69) is 80.5 Å². The number of nitrogens with one attached hydrogen (secondary N) is 1. The molecule has 0 radical (unpaired) electrons. The summed E-state index contributed by atoms with van der Waals surface area (Å²) >= 11 is 7.28. The van der Waals surface area contributed by atoms with E-state index in [0.717, 1.165) is 17.3 Å². The first-order valence-electron chi connectivity index (χ1n) is 6.45. The molecule has 0 saturated carbocycles. The summed E-state index contributed by atoms with van der Waals surface area (Å²) in [6.07, 6.45) is 2.29. The van der Waals surface area contributed by atoms with Crippen molar-refractivity contribution in [2.24, 2.45) is 0 Å². The SMILES string of the molecule is Cc1ccc(NC2CCc3c(Br)cccc32)c(Br)c1. The highest BCUT2D eigenvalue weighted by atomic mass is 79.9. The minimum atomic E-state index is 0.409. The fraction of sp³-hybridized carbons (Fsp3) is 0.250. The lowest BCUT2D eigenvalue weighted by atomic mass is 10.1. The molecule has 3 heteroatoms. The largest absolute Gasteiger partial charge is 0.377 e. The lowest BCUT2D eigenvalue weighted by Gasteiger charge is -2.17. The second-order valence-corrected chi connectivity index (χ2v) is 6.74. The number of fused-ring (bicyclic) bond motifs is 1. The van der Waals surface area contributed by atoms with Crippen molar-refractivity contribution >= 4 is 37.5 Å². The molecule has 0 bridgehead atoms. The van der Waals surface area contributed by atoms with Crippen molar-refractivity contribution in [1.82, 2.24) is 0 Å². The highest BCUT2D eigenvalue weighted by molar-refractivity contribution is 9.10. The van der Waals surface area contributed by atoms with Crippen LogP contribution in [-0.2, 0) is 6.42 Å². The molecule has 1 aliphatic rings. The Kier molecular flexibility index (Phi) is 3.68. The van der Waals surface area contributed by atoms with E-state index < -0.39 is 0 Å². The Morgan fingerprint density at radius 2 is 1.95 bits per heavy atom. The molecule has 2 aromatic carbocycles. The van der Waals surface area contributed by atoms with Gasteiger partial charge in [0.1, 0.15) is 0 Å². The first kappa shape index (κ1) is 13.2. The highest BCUT2D eigenvalue weighted by Crippen LogP contribution is 2.38. The number of aryl methyl sites for hydroxylation is 1. The number of hydrogen-bond acceptors (Lipinski definition) is 1. The van der Waals surface area contributed by atoms with Crippen LogP contribution in [-0.4, -0.2) is 0 Å². The highest BCUT2D eigenvalue weighted by Gasteiger charge is 2.24. The van der Waals surface area contributed by atoms with Gasteiger partial charge in [-0.1, -0.05) is 34.1 Å². The van der Waals surface area contributed by atoms with Gasteiger partial charge in [-0.05, 0) is 70.6 Å². The zero-order chi connectivity index (χ0) is 13.4. The molecule has 1 atom stereocenters. The van der Waals surface area contributed by atoms with Crippen LogP contribution in [0.1, 0.15) is 29.2 Å². The van der Waals surface area contributed by atoms with Gasteiger partial charge >= 0.3 is 0 Å². The zero-order valence-corrected chi connectivity index (χ0v) is 13.9. The number of anilines is 1. The summed E-state index contributed by atoms with van der Waals surface area (Å²) in [5, 5.41) is 3.65. The number of halogens is 2. The molecule has 1 unspecified atom stereocenters. The summed E-state index contributed by atoms with van der Waals surface area (Å²) in [6.45, 7) is 2.11. The molecule has 0 fully saturated rings. The summed E-state index contributed by atoms with van der Waals surface area (Å²) in [4.78, 5) is 0. The third-order valence-electron chi connectivity index (χ3n) is 3.67. The second-order valence-electron chi connectivity index (χ2n) is 5.03. The van der Waals surface area contributed by atoms with Crippen LogP contribution < -0.4 is 5.32 Å². The van der Waals surface area contributed by atoms with Gasteiger partial charge < -0.3 is 5.32 Å². The molecule has 0 aromatic heterocycles. The maximum atomic E-state index is 3.65. The monoisotopic (exact) mass is 379 g/mol. The van der Waals surface area contributed by atoms with Crippen molar-refractivity contribution in [3.63, 3.8) is 0 Å². The zero-order valence-electron chi connectivity index (χ0n) is 10.7. The van der Waals surface area contributed by atoms with Crippen molar-refractivity contribution in [3.05, 3.63) is 62.0 Å². The lowest BCUT2D eigenvalue weighted by molar-refractivity contribution is 0.761. The van der Waals surface area contributed by atoms with Gasteiger partial charge in [0.05, 0.1) is 6.04 Å². The van der Waals surface area contributed by atoms with Crippen LogP contribution in [0.4, 0.5) is 5.69 Å². The van der Waals surface area contributed by atoms with Gasteiger partial charge in [0, 0.05) is 14.6 Å². The first-order valence-corrected chi connectivity index (χ1v) is 8.04. The molecule has 0 amide bonds. The van der Waals surface area contributed by atoms with Crippen LogP contribution in [0.3, 0.4) is 0 Å². The predicted molar refractivity (Wildman–Crippen MR) is 87.7 cm³/mol. The summed E-state index contributed by atoms with van der Waals surface area (Å²) < 4.78 is 2.37. The molecule has 98 valence electrons. The van der Waals surface area contributed by atoms with Crippen molar-refractivity contribution in [1.29, 1.82) is 0 Å². The van der Waals surface area contributed by atoms with Gasteiger partial charge in [-0.25, -0.2) is 0 Å². The van der Waals surface area contributed by atoms with Gasteiger partial charge in [-0.2, -0.15) is 0 Å². The number of hydrogen-bond donors (Lipinski definition) is 1. The Morgan fingerprint density at radius 3 is 2.74 bits per heavy atom. The fourth-order valence-corrected chi connectivity index (χ4v) is 3.87. The molecule has 1 nitrogen and oxygen atoms in total. The van der Waals surface area contributed by atoms with Crippen molar-refractivity contribution in [2.45, 2.75) is 25.8 Å². The molecule has 0 heterocycles. The van der Waals surface area contributed by atoms with Gasteiger partial charge in [-0.15, -0.1) is 0 Å². The van der Waals surface area contributed by atoms with Crippen molar-refractivity contribution < 1.29 is 0 Å². The van der Waals surface area contributed by atoms with Gasteiger partial charge in [0.25, 0.3) is 0 Å². The number of benzene rings is 2. The molecule has 1 aliphatic carbocycles. The molecule has 0 saturated heterocycles. The molecular weight excluding hydrogens is 366 g/mol. The first-order chi connectivity index (χ1) is 9.15. The van der Waals surface area contributed by atoms with E-state index in [9.17, 15) is 0 Å². The smallest absolute Gasteiger partial charge is 0.0520 e. The van der Waals surface area contributed by atoms with Gasteiger partial charge in [0.2, 0.25) is 0 Å². The normalized spacial score (nSPS) is 17.3. The molecule has 0 spiro atoms. The fourth-order valence-electron chi connectivity index (χ4n) is 2.68. The van der Waals surface area contributed by atoms with Crippen LogP contribution in [0.15, 0.2) is 45.3 Å². The third-order valence-corrected chi connectivity index (χ3v) is 5.07. The van der Waals surface area contributed by atoms with E-state index in [1.807, 2.05) is 0 Å². The Balaban J connectivity index is 1.89. The molecule has 2 aromatic rings. The molecule has 1 N–H and O–H groups in total. The summed E-state index contributed by atoms with van der Waals surface area (Å²) in [5.74, 6) is 0. The molecule has 0 aliphatic heterocycles. The summed E-state index contributed by atoms with van der Waals surface area (Å²) in [7, 11) is 0. The van der Waals surface area contributed by atoms with Gasteiger partial charge in [-0.3, -0.25) is 0 Å². The quantitative estimate of drug-likeness (QED) is 0.712. The average Bonchev–Trinajstić information content (AvgIpc) is 2.78. The Hall–Kier alpha value is -0.800. The van der Waals surface area contributed by atoms with Crippen LogP contribution >= 0.6 is 31.9 Å². The molecule has 3 rings (SSSR count). The average molecular weight is 381 g/mol. The van der Waals surface area contributed by atoms with E-state index in [0.29, 0.717) is 6.04 Å². The molecule has 19 heavy (non-hydrogen) atoms. The minimum absolute atomic E-state index is 0.409. The maximum Gasteiger partial charge on any atom is 0.0520 e. The summed E-state index contributed by atoms with van der Waals surface area (Å²) in [6, 6.07) is 13.3. The van der Waals surface area contributed by atoms with Crippen LogP contribution in [0.5, 0.6) is 0 Å². The van der Waals surface area contributed by atoms with E-state index >= 15 is 0 Å². The standard InChI is InChI=1S/C16H15Br2N/c1-10-5-7-16(14(18)9-10)19-15-8-6-11-12(15)3-2-4-13(11)17/h2-5,7,9,15,19H,6,8H2,1H3. The van der Waals surface area contributed by atoms with E-state index in [1.165, 1.54) is 26.9 Å². The van der Waals surface area contributed by atoms with Crippen LogP contribution in [0.2, 0.25) is 0 Å². The van der Waals surface area contributed by atoms with Gasteiger partial charge in [0.15, 0.2) is 0 Å². The Labute approximate surface area is 130 Å². The minimum Gasteiger partial charge on any atom is -0.377 e. The Morgan fingerprint density at radius 1 is 1.11 bits per heavy atom. The summed E-state index contributed by atoms with van der Waals surface area (Å²) in [5.41, 5.74) is 5.31. The molecular formula is C16H15Br2N. The lowest BCUT2D eigenvalue weighted by Crippen LogP contribution is -2.07. The van der Waals surface area contributed by atoms with E-state index in [-0.39, 0.29) is 0 Å². The predicted octanol–water partition coefficient (Wildman–Crippen LogP) is 5.62. The van der Waals surface area contributed by atoms with E-state index in [1.54, 1.807) is 0 Å². The third kappa shape index (κ3) is 2.59. The van der Waals surface area contributed by atoms with Crippen LogP contribution in [0, 0.1) is 6.92 Å². The van der Waals surface area contributed by atoms with Crippen molar-refractivity contribution in [2.75, 3.05) is 5.32 Å². The maximum absolute atomic E-state index is 3.65. The Bertz CT molecular complexity index is 622. The van der Waals surface area contributed by atoms with E-state index in [4.69, 9.17) is 0 Å². The number of rotatable bonds is 2. The van der Waals surface area contributed by atoms with Crippen LogP contribution in [0.25, 0.3) is 0 Å². The second kappa shape index (κ2) is 5.29. The van der Waals surface area contributed by atoms with Crippen molar-refractivity contribution in [3.8, 4) is 0 Å². The topological polar surface area (TPSA) is 12.0 Å².